The first kappa shape index (κ1) is 16.1. The van der Waals surface area contributed by atoms with E-state index in [1.54, 1.807) is 24.3 Å². The van der Waals surface area contributed by atoms with Gasteiger partial charge in [0.1, 0.15) is 0 Å². The third-order valence-electron chi connectivity index (χ3n) is 2.62. The predicted molar refractivity (Wildman–Crippen MR) is 74.6 cm³/mol. The smallest absolute Gasteiger partial charge is 0.297 e. The zero-order valence-electron chi connectivity index (χ0n) is 11.8. The van der Waals surface area contributed by atoms with Crippen LogP contribution in [0.5, 0.6) is 0 Å². The Bertz CT molecular complexity index is 463. The topological polar surface area (TPSA) is 52.6 Å². The second-order valence-corrected chi connectivity index (χ2v) is 6.50. The minimum Gasteiger partial charge on any atom is -0.379 e. The van der Waals surface area contributed by atoms with Gasteiger partial charge in [0, 0.05) is 6.61 Å². The van der Waals surface area contributed by atoms with Crippen LogP contribution in [0.15, 0.2) is 29.2 Å². The number of rotatable bonds is 8. The van der Waals surface area contributed by atoms with Crippen molar-refractivity contribution in [2.24, 2.45) is 5.92 Å². The molecule has 0 aliphatic heterocycles. The Morgan fingerprint density at radius 3 is 2.26 bits per heavy atom. The molecule has 1 aromatic rings. The molecule has 0 heterocycles. The van der Waals surface area contributed by atoms with Gasteiger partial charge >= 0.3 is 0 Å². The summed E-state index contributed by atoms with van der Waals surface area (Å²) in [6, 6.07) is 6.58. The summed E-state index contributed by atoms with van der Waals surface area (Å²) in [5, 5.41) is 0. The summed E-state index contributed by atoms with van der Waals surface area (Å²) in [7, 11) is -3.66. The lowest BCUT2D eigenvalue weighted by atomic mass is 10.1. The Morgan fingerprint density at radius 1 is 1.05 bits per heavy atom. The van der Waals surface area contributed by atoms with Crippen molar-refractivity contribution < 1.29 is 17.3 Å². The van der Waals surface area contributed by atoms with Crippen molar-refractivity contribution in [1.82, 2.24) is 0 Å². The van der Waals surface area contributed by atoms with Crippen LogP contribution < -0.4 is 0 Å². The normalized spacial score (nSPS) is 12.0. The number of aryl methyl sites for hydroxylation is 1. The van der Waals surface area contributed by atoms with Crippen LogP contribution in [0.25, 0.3) is 0 Å². The highest BCUT2D eigenvalue weighted by molar-refractivity contribution is 7.86. The van der Waals surface area contributed by atoms with Gasteiger partial charge in [0.15, 0.2) is 0 Å². The van der Waals surface area contributed by atoms with Crippen molar-refractivity contribution >= 4 is 10.1 Å². The van der Waals surface area contributed by atoms with Crippen LogP contribution in [0.2, 0.25) is 0 Å². The molecular formula is C14H22O4S. The Kier molecular flexibility index (Phi) is 6.48. The molecule has 0 bridgehead atoms. The predicted octanol–water partition coefficient (Wildman–Crippen LogP) is 2.76. The molecular weight excluding hydrogens is 264 g/mol. The number of benzene rings is 1. The highest BCUT2D eigenvalue weighted by Gasteiger charge is 2.14. The summed E-state index contributed by atoms with van der Waals surface area (Å²) in [6.45, 7) is 7.10. The molecule has 1 rings (SSSR count). The van der Waals surface area contributed by atoms with Crippen molar-refractivity contribution in [3.63, 3.8) is 0 Å². The second kappa shape index (κ2) is 7.62. The molecule has 0 aromatic heterocycles. The molecule has 0 aliphatic carbocycles. The van der Waals surface area contributed by atoms with Crippen molar-refractivity contribution in [3.05, 3.63) is 29.8 Å². The quantitative estimate of drug-likeness (QED) is 0.544. The van der Waals surface area contributed by atoms with Gasteiger partial charge in [-0.3, -0.25) is 4.18 Å². The van der Waals surface area contributed by atoms with Gasteiger partial charge < -0.3 is 4.74 Å². The zero-order valence-corrected chi connectivity index (χ0v) is 12.6. The Hall–Kier alpha value is -0.910. The van der Waals surface area contributed by atoms with Crippen LogP contribution in [0.3, 0.4) is 0 Å². The van der Waals surface area contributed by atoms with Crippen LogP contribution in [-0.4, -0.2) is 28.2 Å². The van der Waals surface area contributed by atoms with Crippen molar-refractivity contribution in [3.8, 4) is 0 Å². The van der Waals surface area contributed by atoms with Gasteiger partial charge in [0.25, 0.3) is 10.1 Å². The van der Waals surface area contributed by atoms with Crippen molar-refractivity contribution in [1.29, 1.82) is 0 Å². The average molecular weight is 286 g/mol. The van der Waals surface area contributed by atoms with E-state index < -0.39 is 10.1 Å². The standard InChI is InChI=1S/C14H22O4S/c1-12(2)8-9-17-10-11-18-19(15,16)14-6-4-13(3)5-7-14/h4-7,12H,8-11H2,1-3H3. The Morgan fingerprint density at radius 2 is 1.68 bits per heavy atom. The third kappa shape index (κ3) is 6.18. The molecule has 0 amide bonds. The van der Waals surface area contributed by atoms with Crippen LogP contribution >= 0.6 is 0 Å². The molecule has 1 aromatic carbocycles. The van der Waals surface area contributed by atoms with E-state index in [1.807, 2.05) is 6.92 Å². The summed E-state index contributed by atoms with van der Waals surface area (Å²) in [5.74, 6) is 0.581. The maximum Gasteiger partial charge on any atom is 0.297 e. The molecule has 5 heteroatoms. The molecule has 0 aliphatic rings. The second-order valence-electron chi connectivity index (χ2n) is 4.88. The van der Waals surface area contributed by atoms with E-state index in [4.69, 9.17) is 8.92 Å². The molecule has 0 radical (unpaired) electrons. The van der Waals surface area contributed by atoms with E-state index in [-0.39, 0.29) is 18.1 Å². The number of hydrogen-bond donors (Lipinski definition) is 0. The van der Waals surface area contributed by atoms with Gasteiger partial charge in [-0.1, -0.05) is 31.5 Å². The molecule has 108 valence electrons. The van der Waals surface area contributed by atoms with E-state index in [0.29, 0.717) is 12.5 Å². The highest BCUT2D eigenvalue weighted by atomic mass is 32.2. The fraction of sp³-hybridized carbons (Fsp3) is 0.571. The van der Waals surface area contributed by atoms with Gasteiger partial charge in [-0.05, 0) is 31.4 Å². The van der Waals surface area contributed by atoms with Gasteiger partial charge in [0.05, 0.1) is 18.1 Å². The summed E-state index contributed by atoms with van der Waals surface area (Å²) >= 11 is 0. The van der Waals surface area contributed by atoms with Gasteiger partial charge in [0.2, 0.25) is 0 Å². The molecule has 0 saturated heterocycles. The van der Waals surface area contributed by atoms with E-state index in [2.05, 4.69) is 13.8 Å². The SMILES string of the molecule is Cc1ccc(S(=O)(=O)OCCOCCC(C)C)cc1. The lowest BCUT2D eigenvalue weighted by Gasteiger charge is -2.08. The first-order valence-corrected chi connectivity index (χ1v) is 7.86. The lowest BCUT2D eigenvalue weighted by molar-refractivity contribution is 0.0943. The fourth-order valence-corrected chi connectivity index (χ4v) is 2.29. The number of hydrogen-bond acceptors (Lipinski definition) is 4. The first-order chi connectivity index (χ1) is 8.92. The van der Waals surface area contributed by atoms with Crippen molar-refractivity contribution in [2.75, 3.05) is 19.8 Å². The molecule has 4 nitrogen and oxygen atoms in total. The first-order valence-electron chi connectivity index (χ1n) is 6.45. The molecule has 19 heavy (non-hydrogen) atoms. The van der Waals surface area contributed by atoms with Crippen molar-refractivity contribution in [2.45, 2.75) is 32.1 Å². The van der Waals surface area contributed by atoms with Crippen LogP contribution in [0, 0.1) is 12.8 Å². The average Bonchev–Trinajstić information content (AvgIpc) is 2.34. The lowest BCUT2D eigenvalue weighted by Crippen LogP contribution is -2.12. The largest absolute Gasteiger partial charge is 0.379 e. The number of ether oxygens (including phenoxy) is 1. The molecule has 0 spiro atoms. The fourth-order valence-electron chi connectivity index (χ4n) is 1.40. The summed E-state index contributed by atoms with van der Waals surface area (Å²) < 4.78 is 33.8. The Labute approximate surface area is 115 Å². The van der Waals surface area contributed by atoms with E-state index in [1.165, 1.54) is 0 Å². The molecule has 0 unspecified atom stereocenters. The maximum absolute atomic E-state index is 11.8. The molecule has 0 fully saturated rings. The highest BCUT2D eigenvalue weighted by Crippen LogP contribution is 2.12. The minimum absolute atomic E-state index is 0.0499. The molecule has 0 N–H and O–H groups in total. The van der Waals surface area contributed by atoms with Gasteiger partial charge in [-0.15, -0.1) is 0 Å². The third-order valence-corrected chi connectivity index (χ3v) is 3.94. The minimum atomic E-state index is -3.66. The van der Waals surface area contributed by atoms with E-state index in [9.17, 15) is 8.42 Å². The molecule has 0 atom stereocenters. The summed E-state index contributed by atoms with van der Waals surface area (Å²) in [5.41, 5.74) is 1.01. The molecule has 0 saturated carbocycles. The summed E-state index contributed by atoms with van der Waals surface area (Å²) in [6.07, 6.45) is 0.963. The summed E-state index contributed by atoms with van der Waals surface area (Å²) in [4.78, 5) is 0.181. The Balaban J connectivity index is 2.33. The van der Waals surface area contributed by atoms with E-state index in [0.717, 1.165) is 12.0 Å². The van der Waals surface area contributed by atoms with E-state index >= 15 is 0 Å². The zero-order chi connectivity index (χ0) is 14.3. The van der Waals surface area contributed by atoms with Crippen LogP contribution in [0.1, 0.15) is 25.8 Å². The van der Waals surface area contributed by atoms with Crippen LogP contribution in [-0.2, 0) is 19.0 Å². The maximum atomic E-state index is 11.8. The van der Waals surface area contributed by atoms with Gasteiger partial charge in [-0.2, -0.15) is 8.42 Å². The van der Waals surface area contributed by atoms with Gasteiger partial charge in [-0.25, -0.2) is 0 Å². The monoisotopic (exact) mass is 286 g/mol. The van der Waals surface area contributed by atoms with Crippen LogP contribution in [0.4, 0.5) is 0 Å².